The summed E-state index contributed by atoms with van der Waals surface area (Å²) in [7, 11) is 0. The van der Waals surface area contributed by atoms with Crippen LogP contribution in [0.25, 0.3) is 22.0 Å². The Morgan fingerprint density at radius 3 is 2.37 bits per heavy atom. The van der Waals surface area contributed by atoms with E-state index in [0.717, 1.165) is 6.07 Å². The number of nitrogens with zero attached hydrogens (tertiary/aromatic N) is 2. The Hall–Kier alpha value is -3.40. The van der Waals surface area contributed by atoms with Crippen LogP contribution in [0.5, 0.6) is 0 Å². The van der Waals surface area contributed by atoms with Crippen LogP contribution in [0, 0.1) is 23.7 Å². The first-order chi connectivity index (χ1) is 14.0. The smallest absolute Gasteiger partial charge is 0.349 e. The highest BCUT2D eigenvalue weighted by Gasteiger charge is 2.34. The van der Waals surface area contributed by atoms with Gasteiger partial charge in [0, 0.05) is 11.9 Å². The predicted octanol–water partition coefficient (Wildman–Crippen LogP) is 5.51. The molecule has 0 saturated heterocycles. The number of carbonyl (C=O) groups is 1. The molecule has 1 amide bonds. The van der Waals surface area contributed by atoms with Crippen molar-refractivity contribution < 1.29 is 18.0 Å². The normalized spacial score (nSPS) is 11.9. The summed E-state index contributed by atoms with van der Waals surface area (Å²) in [5.74, 6) is -0.622. The summed E-state index contributed by atoms with van der Waals surface area (Å²) in [4.78, 5) is 16.5. The molecule has 3 aromatic rings. The number of nitrogens with one attached hydrogen (secondary N) is 1. The molecule has 1 N–H and O–H groups in total. The maximum atomic E-state index is 13.9. The van der Waals surface area contributed by atoms with Gasteiger partial charge in [-0.25, -0.2) is 4.98 Å². The van der Waals surface area contributed by atoms with Crippen molar-refractivity contribution >= 4 is 16.8 Å². The number of aryl methyl sites for hydroxylation is 1. The lowest BCUT2D eigenvalue weighted by molar-refractivity contribution is -0.136. The minimum absolute atomic E-state index is 0.0557. The molecule has 7 heteroatoms. The Balaban J connectivity index is 2.14. The van der Waals surface area contributed by atoms with E-state index >= 15 is 0 Å². The summed E-state index contributed by atoms with van der Waals surface area (Å²) >= 11 is 0. The Morgan fingerprint density at radius 1 is 1.10 bits per heavy atom. The van der Waals surface area contributed by atoms with Gasteiger partial charge in [0.05, 0.1) is 22.6 Å². The van der Waals surface area contributed by atoms with Crippen LogP contribution in [-0.2, 0) is 6.18 Å². The summed E-state index contributed by atoms with van der Waals surface area (Å²) in [6, 6.07) is 15.0. The molecule has 0 fully saturated rings. The van der Waals surface area contributed by atoms with Gasteiger partial charge in [-0.1, -0.05) is 30.3 Å². The average Bonchev–Trinajstić information content (AvgIpc) is 2.71. The van der Waals surface area contributed by atoms with Gasteiger partial charge in [-0.2, -0.15) is 18.4 Å². The van der Waals surface area contributed by atoms with Crippen LogP contribution in [0.4, 0.5) is 13.2 Å². The zero-order chi connectivity index (χ0) is 22.1. The largest absolute Gasteiger partial charge is 0.418 e. The fraction of sp³-hybridized carbons (Fsp3) is 0.261. The van der Waals surface area contributed by atoms with Gasteiger partial charge in [0.25, 0.3) is 5.91 Å². The molecular weight excluding hydrogens is 391 g/mol. The van der Waals surface area contributed by atoms with Crippen LogP contribution in [-0.4, -0.2) is 17.4 Å². The first kappa shape index (κ1) is 21.3. The number of amides is 1. The summed E-state index contributed by atoms with van der Waals surface area (Å²) in [5, 5.41) is 12.0. The van der Waals surface area contributed by atoms with Crippen molar-refractivity contribution in [2.24, 2.45) is 5.41 Å². The zero-order valence-electron chi connectivity index (χ0n) is 16.8. The maximum Gasteiger partial charge on any atom is 0.418 e. The van der Waals surface area contributed by atoms with Gasteiger partial charge in [0.2, 0.25) is 0 Å². The molecule has 0 bridgehead atoms. The van der Waals surface area contributed by atoms with Gasteiger partial charge in [0.15, 0.2) is 0 Å². The van der Waals surface area contributed by atoms with Crippen molar-refractivity contribution in [2.75, 3.05) is 6.54 Å². The van der Waals surface area contributed by atoms with Crippen molar-refractivity contribution in [1.29, 1.82) is 5.26 Å². The van der Waals surface area contributed by atoms with E-state index in [1.165, 1.54) is 6.07 Å². The molecule has 0 atom stereocenters. The second kappa shape index (κ2) is 7.79. The van der Waals surface area contributed by atoms with Gasteiger partial charge in [-0.3, -0.25) is 4.79 Å². The minimum Gasteiger partial charge on any atom is -0.349 e. The number of halogens is 3. The molecule has 30 heavy (non-hydrogen) atoms. The average molecular weight is 411 g/mol. The molecule has 3 rings (SSSR count). The van der Waals surface area contributed by atoms with E-state index in [4.69, 9.17) is 5.26 Å². The maximum absolute atomic E-state index is 13.9. The van der Waals surface area contributed by atoms with Crippen LogP contribution in [0.3, 0.4) is 0 Å². The Bertz CT molecular complexity index is 1150. The van der Waals surface area contributed by atoms with Gasteiger partial charge >= 0.3 is 6.18 Å². The summed E-state index contributed by atoms with van der Waals surface area (Å²) in [6.07, 6.45) is -4.64. The number of rotatable bonds is 4. The first-order valence-corrected chi connectivity index (χ1v) is 9.29. The molecular formula is C23H20F3N3O. The Kier molecular flexibility index (Phi) is 5.53. The SMILES string of the molecule is Cc1cc(C(=O)NCC(C)(C)C#N)nc2c(C(F)(F)F)cc(-c3ccccc3)cc12. The van der Waals surface area contributed by atoms with Crippen molar-refractivity contribution in [3.05, 3.63) is 65.4 Å². The van der Waals surface area contributed by atoms with Crippen molar-refractivity contribution in [2.45, 2.75) is 26.9 Å². The molecule has 2 aromatic carbocycles. The van der Waals surface area contributed by atoms with Crippen LogP contribution in [0.15, 0.2) is 48.5 Å². The van der Waals surface area contributed by atoms with E-state index in [9.17, 15) is 18.0 Å². The van der Waals surface area contributed by atoms with Gasteiger partial charge < -0.3 is 5.32 Å². The minimum atomic E-state index is -4.64. The molecule has 0 aliphatic carbocycles. The number of pyridine rings is 1. The topological polar surface area (TPSA) is 65.8 Å². The molecule has 0 unspecified atom stereocenters. The molecule has 4 nitrogen and oxygen atoms in total. The molecule has 154 valence electrons. The van der Waals surface area contributed by atoms with E-state index in [1.54, 1.807) is 57.2 Å². The standard InChI is InChI=1S/C23H20F3N3O/c1-14-9-19(21(30)28-13-22(2,3)12-27)29-20-17(14)10-16(11-18(20)23(24,25)26)15-7-5-4-6-8-15/h4-11H,13H2,1-3H3,(H,28,30). The van der Waals surface area contributed by atoms with E-state index in [2.05, 4.69) is 16.4 Å². The van der Waals surface area contributed by atoms with Gasteiger partial charge in [-0.05, 0) is 55.7 Å². The second-order valence-electron chi connectivity index (χ2n) is 7.79. The highest BCUT2D eigenvalue weighted by molar-refractivity contribution is 5.98. The highest BCUT2D eigenvalue weighted by atomic mass is 19.4. The van der Waals surface area contributed by atoms with E-state index in [-0.39, 0.29) is 17.8 Å². The summed E-state index contributed by atoms with van der Waals surface area (Å²) < 4.78 is 41.6. The molecule has 1 heterocycles. The fourth-order valence-electron chi connectivity index (χ4n) is 3.05. The zero-order valence-corrected chi connectivity index (χ0v) is 16.8. The van der Waals surface area contributed by atoms with E-state index < -0.39 is 23.1 Å². The lowest BCUT2D eigenvalue weighted by Crippen LogP contribution is -2.33. The Labute approximate surface area is 172 Å². The van der Waals surface area contributed by atoms with Crippen molar-refractivity contribution in [3.63, 3.8) is 0 Å². The van der Waals surface area contributed by atoms with E-state index in [1.807, 2.05) is 0 Å². The number of carbonyl (C=O) groups excluding carboxylic acids is 1. The molecule has 0 spiro atoms. The third-order valence-corrected chi connectivity index (χ3v) is 4.76. The number of fused-ring (bicyclic) bond motifs is 1. The number of nitriles is 1. The van der Waals surface area contributed by atoms with Crippen LogP contribution < -0.4 is 5.32 Å². The number of hydrogen-bond acceptors (Lipinski definition) is 3. The number of hydrogen-bond donors (Lipinski definition) is 1. The molecule has 0 aliphatic heterocycles. The molecule has 1 aromatic heterocycles. The summed E-state index contributed by atoms with van der Waals surface area (Å²) in [5.41, 5.74) is -0.498. The van der Waals surface area contributed by atoms with Crippen LogP contribution in [0.1, 0.15) is 35.5 Å². The monoisotopic (exact) mass is 411 g/mol. The predicted molar refractivity (Wildman–Crippen MR) is 109 cm³/mol. The summed E-state index contributed by atoms with van der Waals surface area (Å²) in [6.45, 7) is 5.01. The highest BCUT2D eigenvalue weighted by Crippen LogP contribution is 2.38. The molecule has 0 saturated carbocycles. The lowest BCUT2D eigenvalue weighted by atomic mass is 9.95. The third-order valence-electron chi connectivity index (χ3n) is 4.76. The first-order valence-electron chi connectivity index (χ1n) is 9.29. The third kappa shape index (κ3) is 4.43. The van der Waals surface area contributed by atoms with Crippen LogP contribution in [0.2, 0.25) is 0 Å². The lowest BCUT2D eigenvalue weighted by Gasteiger charge is -2.17. The number of alkyl halides is 3. The van der Waals surface area contributed by atoms with E-state index in [0.29, 0.717) is 22.1 Å². The van der Waals surface area contributed by atoms with Crippen molar-refractivity contribution in [1.82, 2.24) is 10.3 Å². The Morgan fingerprint density at radius 2 is 1.77 bits per heavy atom. The second-order valence-corrected chi connectivity index (χ2v) is 7.79. The number of aromatic nitrogens is 1. The fourth-order valence-corrected chi connectivity index (χ4v) is 3.05. The quantitative estimate of drug-likeness (QED) is 0.616. The van der Waals surface area contributed by atoms with Gasteiger partial charge in [-0.15, -0.1) is 0 Å². The van der Waals surface area contributed by atoms with Gasteiger partial charge in [0.1, 0.15) is 5.69 Å². The van der Waals surface area contributed by atoms with Crippen molar-refractivity contribution in [3.8, 4) is 17.2 Å². The van der Waals surface area contributed by atoms with Crippen LogP contribution >= 0.6 is 0 Å². The number of benzene rings is 2. The molecule has 0 radical (unpaired) electrons. The molecule has 0 aliphatic rings.